The first-order chi connectivity index (χ1) is 9.33. The van der Waals surface area contributed by atoms with Gasteiger partial charge in [0.2, 0.25) is 0 Å². The summed E-state index contributed by atoms with van der Waals surface area (Å²) in [6, 6.07) is 0. The lowest BCUT2D eigenvalue weighted by Crippen LogP contribution is -2.46. The lowest BCUT2D eigenvalue weighted by Gasteiger charge is -2.54. The summed E-state index contributed by atoms with van der Waals surface area (Å²) in [4.78, 5) is 4.47. The molecule has 0 atom stereocenters. The SMILES string of the molecule is NCCc1nccn1CC1C2CC3CC(C2)CC1C3. The van der Waals surface area contributed by atoms with Crippen molar-refractivity contribution in [3.8, 4) is 0 Å². The van der Waals surface area contributed by atoms with Crippen LogP contribution in [0.4, 0.5) is 0 Å². The Morgan fingerprint density at radius 1 is 1.11 bits per heavy atom. The van der Waals surface area contributed by atoms with Crippen LogP contribution >= 0.6 is 0 Å². The van der Waals surface area contributed by atoms with Gasteiger partial charge in [-0.1, -0.05) is 0 Å². The van der Waals surface area contributed by atoms with Gasteiger partial charge < -0.3 is 10.3 Å². The molecule has 1 heterocycles. The van der Waals surface area contributed by atoms with E-state index in [0.717, 1.165) is 36.0 Å². The molecule has 0 saturated heterocycles. The maximum absolute atomic E-state index is 5.68. The van der Waals surface area contributed by atoms with Crippen molar-refractivity contribution < 1.29 is 0 Å². The van der Waals surface area contributed by atoms with Crippen molar-refractivity contribution in [1.82, 2.24) is 9.55 Å². The molecule has 2 N–H and O–H groups in total. The van der Waals surface area contributed by atoms with Crippen LogP contribution < -0.4 is 5.73 Å². The quantitative estimate of drug-likeness (QED) is 0.902. The van der Waals surface area contributed by atoms with Gasteiger partial charge in [-0.3, -0.25) is 0 Å². The van der Waals surface area contributed by atoms with Gasteiger partial charge in [0.05, 0.1) is 0 Å². The zero-order chi connectivity index (χ0) is 12.8. The Kier molecular flexibility index (Phi) is 2.91. The van der Waals surface area contributed by atoms with Crippen LogP contribution in [-0.4, -0.2) is 16.1 Å². The minimum Gasteiger partial charge on any atom is -0.335 e. The lowest BCUT2D eigenvalue weighted by atomic mass is 9.52. The van der Waals surface area contributed by atoms with Gasteiger partial charge in [0.15, 0.2) is 0 Å². The average molecular weight is 259 g/mol. The van der Waals surface area contributed by atoms with Crippen LogP contribution in [-0.2, 0) is 13.0 Å². The zero-order valence-electron chi connectivity index (χ0n) is 11.7. The Balaban J connectivity index is 1.52. The number of nitrogens with zero attached hydrogens (tertiary/aromatic N) is 2. The van der Waals surface area contributed by atoms with Gasteiger partial charge in [-0.15, -0.1) is 0 Å². The van der Waals surface area contributed by atoms with Crippen LogP contribution in [0, 0.1) is 29.6 Å². The smallest absolute Gasteiger partial charge is 0.109 e. The van der Waals surface area contributed by atoms with E-state index in [9.17, 15) is 0 Å². The van der Waals surface area contributed by atoms with E-state index in [0.29, 0.717) is 6.54 Å². The number of imidazole rings is 1. The Hall–Kier alpha value is -0.830. The molecule has 5 rings (SSSR count). The molecule has 0 aromatic carbocycles. The highest BCUT2D eigenvalue weighted by Gasteiger charge is 2.48. The molecule has 4 saturated carbocycles. The van der Waals surface area contributed by atoms with Gasteiger partial charge in [-0.2, -0.15) is 0 Å². The number of nitrogens with two attached hydrogens (primary N) is 1. The largest absolute Gasteiger partial charge is 0.335 e. The molecule has 104 valence electrons. The van der Waals surface area contributed by atoms with Gasteiger partial charge in [0, 0.05) is 25.4 Å². The maximum atomic E-state index is 5.68. The van der Waals surface area contributed by atoms with Crippen molar-refractivity contribution in [2.24, 2.45) is 35.3 Å². The molecule has 3 nitrogen and oxygen atoms in total. The first-order valence-corrected chi connectivity index (χ1v) is 8.03. The highest BCUT2D eigenvalue weighted by molar-refractivity contribution is 5.00. The molecular formula is C16H25N3. The Morgan fingerprint density at radius 3 is 2.42 bits per heavy atom. The van der Waals surface area contributed by atoms with E-state index in [1.807, 2.05) is 6.20 Å². The third-order valence-electron chi connectivity index (χ3n) is 6.00. The molecule has 1 aromatic rings. The third-order valence-corrected chi connectivity index (χ3v) is 6.00. The fourth-order valence-electron chi connectivity index (χ4n) is 5.43. The fraction of sp³-hybridized carbons (Fsp3) is 0.812. The zero-order valence-corrected chi connectivity index (χ0v) is 11.7. The number of hydrogen-bond donors (Lipinski definition) is 1. The van der Waals surface area contributed by atoms with E-state index in [4.69, 9.17) is 5.73 Å². The summed E-state index contributed by atoms with van der Waals surface area (Å²) in [6.07, 6.45) is 12.6. The van der Waals surface area contributed by atoms with Gasteiger partial charge >= 0.3 is 0 Å². The minimum absolute atomic E-state index is 0.707. The first-order valence-electron chi connectivity index (χ1n) is 8.03. The molecular weight excluding hydrogens is 234 g/mol. The van der Waals surface area contributed by atoms with Crippen LogP contribution in [0.3, 0.4) is 0 Å². The van der Waals surface area contributed by atoms with Gasteiger partial charge in [-0.25, -0.2) is 4.98 Å². The van der Waals surface area contributed by atoms with Crippen molar-refractivity contribution in [3.63, 3.8) is 0 Å². The van der Waals surface area contributed by atoms with E-state index >= 15 is 0 Å². The molecule has 4 aliphatic rings. The highest BCUT2D eigenvalue weighted by atomic mass is 15.1. The van der Waals surface area contributed by atoms with Crippen LogP contribution in [0.15, 0.2) is 12.4 Å². The summed E-state index contributed by atoms with van der Waals surface area (Å²) in [7, 11) is 0. The molecule has 19 heavy (non-hydrogen) atoms. The van der Waals surface area contributed by atoms with E-state index in [1.54, 1.807) is 6.42 Å². The minimum atomic E-state index is 0.707. The molecule has 4 fully saturated rings. The molecule has 0 aliphatic heterocycles. The average Bonchev–Trinajstić information content (AvgIpc) is 2.81. The molecule has 0 amide bonds. The predicted octanol–water partition coefficient (Wildman–Crippen LogP) is 2.46. The molecule has 0 radical (unpaired) electrons. The topological polar surface area (TPSA) is 43.8 Å². The second-order valence-electron chi connectivity index (χ2n) is 7.13. The van der Waals surface area contributed by atoms with Crippen molar-refractivity contribution >= 4 is 0 Å². The van der Waals surface area contributed by atoms with Gasteiger partial charge in [0.25, 0.3) is 0 Å². The normalized spacial score (nSPS) is 39.9. The van der Waals surface area contributed by atoms with Crippen molar-refractivity contribution in [1.29, 1.82) is 0 Å². The van der Waals surface area contributed by atoms with Crippen LogP contribution in [0.25, 0.3) is 0 Å². The second kappa shape index (κ2) is 4.62. The molecule has 0 spiro atoms. The monoisotopic (exact) mass is 259 g/mol. The van der Waals surface area contributed by atoms with Crippen LogP contribution in [0.2, 0.25) is 0 Å². The van der Waals surface area contributed by atoms with Gasteiger partial charge in [-0.05, 0) is 68.2 Å². The predicted molar refractivity (Wildman–Crippen MR) is 75.5 cm³/mol. The lowest BCUT2D eigenvalue weighted by molar-refractivity contribution is -0.0432. The van der Waals surface area contributed by atoms with Crippen molar-refractivity contribution in [2.45, 2.75) is 45.1 Å². The standard InChI is InChI=1S/C16H25N3/c17-2-1-16-18-3-4-19(16)10-15-13-6-11-5-12(8-13)9-14(15)7-11/h3-4,11-15H,1-2,5-10,17H2. The van der Waals surface area contributed by atoms with Crippen molar-refractivity contribution in [2.75, 3.05) is 6.54 Å². The summed E-state index contributed by atoms with van der Waals surface area (Å²) in [5.74, 6) is 6.26. The fourth-order valence-corrected chi connectivity index (χ4v) is 5.43. The summed E-state index contributed by atoms with van der Waals surface area (Å²) >= 11 is 0. The third kappa shape index (κ3) is 2.03. The van der Waals surface area contributed by atoms with Gasteiger partial charge in [0.1, 0.15) is 5.82 Å². The van der Waals surface area contributed by atoms with E-state index < -0.39 is 0 Å². The molecule has 1 aromatic heterocycles. The molecule has 0 unspecified atom stereocenters. The van der Waals surface area contributed by atoms with E-state index in [-0.39, 0.29) is 0 Å². The molecule has 4 bridgehead atoms. The van der Waals surface area contributed by atoms with Crippen molar-refractivity contribution in [3.05, 3.63) is 18.2 Å². The van der Waals surface area contributed by atoms with Crippen LogP contribution in [0.1, 0.15) is 37.9 Å². The summed E-state index contributed by atoms with van der Waals surface area (Å²) < 4.78 is 2.39. The Morgan fingerprint density at radius 2 is 1.79 bits per heavy atom. The summed E-state index contributed by atoms with van der Waals surface area (Å²) in [5, 5.41) is 0. The maximum Gasteiger partial charge on any atom is 0.109 e. The van der Waals surface area contributed by atoms with E-state index in [2.05, 4.69) is 15.7 Å². The number of rotatable bonds is 4. The van der Waals surface area contributed by atoms with Crippen LogP contribution in [0.5, 0.6) is 0 Å². The number of hydrogen-bond acceptors (Lipinski definition) is 2. The Bertz CT molecular complexity index is 423. The second-order valence-corrected chi connectivity index (χ2v) is 7.13. The summed E-state index contributed by atoms with van der Waals surface area (Å²) in [5.41, 5.74) is 5.68. The Labute approximate surface area is 115 Å². The van der Waals surface area contributed by atoms with E-state index in [1.165, 1.54) is 38.1 Å². The molecule has 4 aliphatic carbocycles. The summed E-state index contributed by atoms with van der Waals surface area (Å²) in [6.45, 7) is 1.91. The first kappa shape index (κ1) is 12.0. The number of aromatic nitrogens is 2. The molecule has 3 heteroatoms. The highest BCUT2D eigenvalue weighted by Crippen LogP contribution is 2.56.